The summed E-state index contributed by atoms with van der Waals surface area (Å²) in [5.41, 5.74) is 4.58. The molecule has 0 aliphatic heterocycles. The molecule has 0 amide bonds. The molecule has 0 radical (unpaired) electrons. The Balaban J connectivity index is 2.22. The Morgan fingerprint density at radius 3 is 1.41 bits per heavy atom. The average molecular weight is 392 g/mol. The number of aldehydes is 2. The summed E-state index contributed by atoms with van der Waals surface area (Å²) in [6.45, 7) is 12.2. The van der Waals surface area contributed by atoms with Crippen LogP contribution in [0.5, 0.6) is 11.5 Å². The molecule has 2 aromatic carbocycles. The Morgan fingerprint density at radius 2 is 1.10 bits per heavy atom. The summed E-state index contributed by atoms with van der Waals surface area (Å²) in [6, 6.07) is 3.96. The third kappa shape index (κ3) is 2.32. The van der Waals surface area contributed by atoms with Gasteiger partial charge in [0.05, 0.1) is 11.1 Å². The lowest BCUT2D eigenvalue weighted by Crippen LogP contribution is -2.28. The largest absolute Gasteiger partial charge is 0.507 e. The molecular formula is C25H28O4. The summed E-state index contributed by atoms with van der Waals surface area (Å²) in [4.78, 5) is 24.3. The van der Waals surface area contributed by atoms with Gasteiger partial charge in [0.1, 0.15) is 11.5 Å². The highest BCUT2D eigenvalue weighted by atomic mass is 16.3. The van der Waals surface area contributed by atoms with Crippen molar-refractivity contribution < 1.29 is 19.8 Å². The Bertz CT molecular complexity index is 1000. The van der Waals surface area contributed by atoms with Crippen molar-refractivity contribution in [1.29, 1.82) is 0 Å². The minimum Gasteiger partial charge on any atom is -0.507 e. The molecule has 4 heteroatoms. The van der Waals surface area contributed by atoms with E-state index in [2.05, 4.69) is 27.7 Å². The fraction of sp³-hybridized carbons (Fsp3) is 0.440. The van der Waals surface area contributed by atoms with E-state index in [0.29, 0.717) is 35.1 Å². The molecule has 0 unspecified atom stereocenters. The van der Waals surface area contributed by atoms with Crippen LogP contribution in [0.3, 0.4) is 0 Å². The first-order chi connectivity index (χ1) is 13.4. The molecule has 2 N–H and O–H groups in total. The smallest absolute Gasteiger partial charge is 0.154 e. The second-order valence-electron chi connectivity index (χ2n) is 10.2. The van der Waals surface area contributed by atoms with Gasteiger partial charge >= 0.3 is 0 Å². The third-order valence-electron chi connectivity index (χ3n) is 7.19. The molecule has 2 aliphatic rings. The Kier molecular flexibility index (Phi) is 3.88. The van der Waals surface area contributed by atoms with Gasteiger partial charge in [0.15, 0.2) is 12.6 Å². The molecule has 0 saturated carbocycles. The first-order valence-electron chi connectivity index (χ1n) is 10.1. The van der Waals surface area contributed by atoms with E-state index >= 15 is 0 Å². The highest BCUT2D eigenvalue weighted by molar-refractivity contribution is 5.90. The molecule has 1 spiro atoms. The van der Waals surface area contributed by atoms with Gasteiger partial charge in [0, 0.05) is 5.41 Å². The Hall–Kier alpha value is -2.62. The predicted molar refractivity (Wildman–Crippen MR) is 113 cm³/mol. The molecule has 0 heterocycles. The summed E-state index contributed by atoms with van der Waals surface area (Å²) in [5, 5.41) is 21.5. The van der Waals surface area contributed by atoms with Crippen molar-refractivity contribution in [2.24, 2.45) is 0 Å². The normalized spacial score (nSPS) is 19.8. The van der Waals surface area contributed by atoms with Crippen molar-refractivity contribution in [3.8, 4) is 11.5 Å². The van der Waals surface area contributed by atoms with Crippen LogP contribution >= 0.6 is 0 Å². The third-order valence-corrected chi connectivity index (χ3v) is 7.19. The van der Waals surface area contributed by atoms with Gasteiger partial charge in [-0.3, -0.25) is 9.59 Å². The average Bonchev–Trinajstić information content (AvgIpc) is 2.97. The second kappa shape index (κ2) is 5.71. The van der Waals surface area contributed by atoms with Crippen LogP contribution < -0.4 is 0 Å². The highest BCUT2D eigenvalue weighted by Crippen LogP contribution is 2.65. The van der Waals surface area contributed by atoms with Crippen LogP contribution in [0.4, 0.5) is 0 Å². The van der Waals surface area contributed by atoms with Crippen molar-refractivity contribution in [2.75, 3.05) is 0 Å². The van der Waals surface area contributed by atoms with E-state index in [-0.39, 0.29) is 22.3 Å². The Labute approximate surface area is 171 Å². The monoisotopic (exact) mass is 392 g/mol. The molecule has 2 aromatic rings. The molecule has 0 bridgehead atoms. The van der Waals surface area contributed by atoms with Crippen LogP contribution in [0.1, 0.15) is 94.6 Å². The number of phenolic OH excluding ortho intramolecular Hbond substituents is 2. The first-order valence-corrected chi connectivity index (χ1v) is 10.1. The summed E-state index contributed by atoms with van der Waals surface area (Å²) < 4.78 is 0. The predicted octanol–water partition coefficient (Wildman–Crippen LogP) is 4.99. The van der Waals surface area contributed by atoms with Crippen LogP contribution in [-0.4, -0.2) is 22.8 Å². The molecule has 4 nitrogen and oxygen atoms in total. The molecule has 29 heavy (non-hydrogen) atoms. The molecule has 0 fully saturated rings. The lowest BCUT2D eigenvalue weighted by molar-refractivity contribution is 0.111. The molecule has 4 rings (SSSR count). The van der Waals surface area contributed by atoms with Crippen LogP contribution in [0.25, 0.3) is 0 Å². The summed E-state index contributed by atoms with van der Waals surface area (Å²) in [7, 11) is 0. The second-order valence-corrected chi connectivity index (χ2v) is 10.2. The van der Waals surface area contributed by atoms with Gasteiger partial charge in [0.25, 0.3) is 0 Å². The number of hydrogen-bond acceptors (Lipinski definition) is 4. The fourth-order valence-corrected chi connectivity index (χ4v) is 6.23. The van der Waals surface area contributed by atoms with E-state index in [0.717, 1.165) is 34.8 Å². The van der Waals surface area contributed by atoms with Gasteiger partial charge in [-0.2, -0.15) is 0 Å². The number of rotatable bonds is 2. The zero-order valence-electron chi connectivity index (χ0n) is 17.9. The zero-order valence-corrected chi connectivity index (χ0v) is 17.9. The lowest BCUT2D eigenvalue weighted by Gasteiger charge is -2.32. The van der Waals surface area contributed by atoms with Crippen LogP contribution in [0.15, 0.2) is 12.1 Å². The molecule has 0 saturated heterocycles. The van der Waals surface area contributed by atoms with Gasteiger partial charge in [-0.15, -0.1) is 0 Å². The standard InChI is InChI=1S/C25H28O4/c1-13-7-17-19(15(9-26)21(13)28)25(11-23(17,3)4)12-24(5,6)18-8-14(2)22(29)16(10-27)20(18)25/h7-10,28-29H,11-12H2,1-6H3. The summed E-state index contributed by atoms with van der Waals surface area (Å²) in [6.07, 6.45) is 2.89. The molecule has 152 valence electrons. The van der Waals surface area contributed by atoms with E-state index in [1.807, 2.05) is 26.0 Å². The molecule has 0 aromatic heterocycles. The number of aromatic hydroxyl groups is 2. The van der Waals surface area contributed by atoms with Crippen LogP contribution in [-0.2, 0) is 16.2 Å². The molecule has 2 aliphatic carbocycles. The van der Waals surface area contributed by atoms with Gasteiger partial charge in [0.2, 0.25) is 0 Å². The maximum Gasteiger partial charge on any atom is 0.154 e. The van der Waals surface area contributed by atoms with Crippen molar-refractivity contribution in [3.05, 3.63) is 56.6 Å². The first kappa shape index (κ1) is 19.7. The van der Waals surface area contributed by atoms with Crippen molar-refractivity contribution in [3.63, 3.8) is 0 Å². The van der Waals surface area contributed by atoms with Gasteiger partial charge in [-0.05, 0) is 70.9 Å². The summed E-state index contributed by atoms with van der Waals surface area (Å²) in [5.74, 6) is 0.0112. The van der Waals surface area contributed by atoms with Gasteiger partial charge in [-0.25, -0.2) is 0 Å². The zero-order chi connectivity index (χ0) is 21.5. The van der Waals surface area contributed by atoms with Gasteiger partial charge in [-0.1, -0.05) is 39.8 Å². The lowest BCUT2D eigenvalue weighted by atomic mass is 9.70. The number of carbonyl (C=O) groups is 2. The number of fused-ring (bicyclic) bond motifs is 4. The molecule has 0 atom stereocenters. The highest BCUT2D eigenvalue weighted by Gasteiger charge is 2.58. The number of hydrogen-bond donors (Lipinski definition) is 2. The number of phenols is 2. The quantitative estimate of drug-likeness (QED) is 0.706. The number of benzene rings is 2. The number of aryl methyl sites for hydroxylation is 2. The number of carbonyl (C=O) groups excluding carboxylic acids is 2. The van der Waals surface area contributed by atoms with Gasteiger partial charge < -0.3 is 10.2 Å². The van der Waals surface area contributed by atoms with Crippen molar-refractivity contribution >= 4 is 12.6 Å². The van der Waals surface area contributed by atoms with E-state index in [4.69, 9.17) is 0 Å². The van der Waals surface area contributed by atoms with Crippen molar-refractivity contribution in [2.45, 2.75) is 70.6 Å². The topological polar surface area (TPSA) is 74.6 Å². The van der Waals surface area contributed by atoms with Crippen LogP contribution in [0.2, 0.25) is 0 Å². The minimum absolute atomic E-state index is 0.00562. The SMILES string of the molecule is Cc1cc2c(c(C=O)c1O)C1(CC2(C)C)CC(C)(C)c2cc(C)c(O)c(C=O)c21. The van der Waals surface area contributed by atoms with E-state index in [1.54, 1.807) is 0 Å². The molecular weight excluding hydrogens is 364 g/mol. The van der Waals surface area contributed by atoms with E-state index < -0.39 is 5.41 Å². The fourth-order valence-electron chi connectivity index (χ4n) is 6.23. The minimum atomic E-state index is -0.611. The van der Waals surface area contributed by atoms with Crippen LogP contribution in [0, 0.1) is 13.8 Å². The van der Waals surface area contributed by atoms with E-state index in [1.165, 1.54) is 0 Å². The maximum atomic E-state index is 12.2. The van der Waals surface area contributed by atoms with Crippen molar-refractivity contribution in [1.82, 2.24) is 0 Å². The Morgan fingerprint density at radius 1 is 0.759 bits per heavy atom. The van der Waals surface area contributed by atoms with E-state index in [9.17, 15) is 19.8 Å². The summed E-state index contributed by atoms with van der Waals surface area (Å²) >= 11 is 0. The maximum absolute atomic E-state index is 12.2.